The molecule has 504 valence electrons. The average molecular weight is 1260 g/mol. The molecule has 0 rings (SSSR count). The number of esters is 4. The second kappa shape index (κ2) is 59.7. The van der Waals surface area contributed by atoms with Crippen molar-refractivity contribution in [2.45, 2.75) is 355 Å². The number of unbranched alkanes of at least 4 members (excludes halogenated alkanes) is 37. The SMILES string of the molecule is CCCCCCCCCCCCCCCCCCCCCC(=O)O[C@H](COC(=O)CCCCCCCCCCC(C)CC)COP(=O)(O)OC[C@@H](O)COP(=O)(O)OC[C@@H](COC(=O)CCCCCCCCC)OC(=O)CCCCCCCCC. The molecule has 0 saturated carbocycles. The quantitative estimate of drug-likeness (QED) is 0.0222. The molecule has 0 spiro atoms. The third-order valence-electron chi connectivity index (χ3n) is 15.6. The van der Waals surface area contributed by atoms with Crippen molar-refractivity contribution in [1.82, 2.24) is 0 Å². The zero-order valence-electron chi connectivity index (χ0n) is 54.7. The van der Waals surface area contributed by atoms with E-state index in [-0.39, 0.29) is 25.7 Å². The summed E-state index contributed by atoms with van der Waals surface area (Å²) in [6.07, 6.45) is 44.8. The van der Waals surface area contributed by atoms with Crippen LogP contribution in [-0.4, -0.2) is 96.7 Å². The number of aliphatic hydroxyl groups excluding tert-OH is 1. The van der Waals surface area contributed by atoms with Crippen LogP contribution >= 0.6 is 15.6 Å². The minimum Gasteiger partial charge on any atom is -0.462 e. The van der Waals surface area contributed by atoms with Crippen LogP contribution in [0.1, 0.15) is 336 Å². The lowest BCUT2D eigenvalue weighted by molar-refractivity contribution is -0.161. The van der Waals surface area contributed by atoms with Crippen molar-refractivity contribution in [3.05, 3.63) is 0 Å². The first kappa shape index (κ1) is 83.1. The molecule has 0 aromatic rings. The summed E-state index contributed by atoms with van der Waals surface area (Å²) in [5.74, 6) is -1.36. The fourth-order valence-corrected chi connectivity index (χ4v) is 11.5. The average Bonchev–Trinajstić information content (AvgIpc) is 3.57. The zero-order valence-corrected chi connectivity index (χ0v) is 56.5. The summed E-state index contributed by atoms with van der Waals surface area (Å²) in [5.41, 5.74) is 0. The van der Waals surface area contributed by atoms with Crippen LogP contribution in [0.15, 0.2) is 0 Å². The normalized spacial score (nSPS) is 14.5. The van der Waals surface area contributed by atoms with E-state index in [0.717, 1.165) is 121 Å². The van der Waals surface area contributed by atoms with E-state index in [1.165, 1.54) is 135 Å². The number of ether oxygens (including phenoxy) is 4. The first-order valence-corrected chi connectivity index (χ1v) is 37.7. The fourth-order valence-electron chi connectivity index (χ4n) is 9.90. The molecule has 0 radical (unpaired) electrons. The largest absolute Gasteiger partial charge is 0.472 e. The number of phosphoric ester groups is 2. The topological polar surface area (TPSA) is 237 Å². The monoisotopic (exact) mass is 1250 g/mol. The number of carbonyl (C=O) groups excluding carboxylic acids is 4. The minimum absolute atomic E-state index is 0.103. The Labute approximate surface area is 517 Å². The highest BCUT2D eigenvalue weighted by Gasteiger charge is 2.30. The highest BCUT2D eigenvalue weighted by molar-refractivity contribution is 7.47. The van der Waals surface area contributed by atoms with E-state index in [1.54, 1.807) is 0 Å². The number of hydrogen-bond donors (Lipinski definition) is 3. The first-order chi connectivity index (χ1) is 41.1. The Kier molecular flexibility index (Phi) is 58.3. The van der Waals surface area contributed by atoms with Crippen LogP contribution in [0.3, 0.4) is 0 Å². The smallest absolute Gasteiger partial charge is 0.462 e. The van der Waals surface area contributed by atoms with Gasteiger partial charge in [0.1, 0.15) is 19.3 Å². The summed E-state index contributed by atoms with van der Waals surface area (Å²) in [6, 6.07) is 0. The Balaban J connectivity index is 5.14. The van der Waals surface area contributed by atoms with E-state index in [0.29, 0.717) is 25.7 Å². The molecule has 0 heterocycles. The minimum atomic E-state index is -4.95. The highest BCUT2D eigenvalue weighted by Crippen LogP contribution is 2.45. The maximum Gasteiger partial charge on any atom is 0.472 e. The Hall–Kier alpha value is -1.94. The van der Waals surface area contributed by atoms with Crippen LogP contribution in [0.5, 0.6) is 0 Å². The predicted molar refractivity (Wildman–Crippen MR) is 340 cm³/mol. The molecule has 19 heteroatoms. The van der Waals surface area contributed by atoms with E-state index >= 15 is 0 Å². The van der Waals surface area contributed by atoms with Gasteiger partial charge in [0.25, 0.3) is 0 Å². The molecular weight excluding hydrogens is 1130 g/mol. The van der Waals surface area contributed by atoms with Gasteiger partial charge in [0.05, 0.1) is 26.4 Å². The lowest BCUT2D eigenvalue weighted by Crippen LogP contribution is -2.30. The fraction of sp³-hybridized carbons (Fsp3) is 0.939. The summed E-state index contributed by atoms with van der Waals surface area (Å²) < 4.78 is 67.9. The molecular formula is C66H128O17P2. The Morgan fingerprint density at radius 1 is 0.329 bits per heavy atom. The van der Waals surface area contributed by atoms with E-state index in [2.05, 4.69) is 34.6 Å². The van der Waals surface area contributed by atoms with Gasteiger partial charge < -0.3 is 33.8 Å². The van der Waals surface area contributed by atoms with Crippen molar-refractivity contribution in [2.24, 2.45) is 5.92 Å². The lowest BCUT2D eigenvalue weighted by atomic mass is 9.99. The molecule has 6 atom stereocenters. The molecule has 3 N–H and O–H groups in total. The molecule has 3 unspecified atom stereocenters. The van der Waals surface area contributed by atoms with Gasteiger partial charge in [-0.15, -0.1) is 0 Å². The van der Waals surface area contributed by atoms with Crippen molar-refractivity contribution < 1.29 is 80.2 Å². The second-order valence-electron chi connectivity index (χ2n) is 24.1. The molecule has 0 aromatic heterocycles. The molecule has 0 aliphatic rings. The molecule has 17 nitrogen and oxygen atoms in total. The maximum absolute atomic E-state index is 13.0. The molecule has 0 aliphatic carbocycles. The Morgan fingerprint density at radius 3 is 0.835 bits per heavy atom. The van der Waals surface area contributed by atoms with E-state index in [9.17, 15) is 43.2 Å². The zero-order chi connectivity index (χ0) is 62.8. The Bertz CT molecular complexity index is 1650. The van der Waals surface area contributed by atoms with Crippen LogP contribution in [0, 0.1) is 5.92 Å². The van der Waals surface area contributed by atoms with E-state index in [1.807, 2.05) is 0 Å². The molecule has 0 amide bonds. The second-order valence-corrected chi connectivity index (χ2v) is 27.0. The number of aliphatic hydroxyl groups is 1. The van der Waals surface area contributed by atoms with Gasteiger partial charge in [0.2, 0.25) is 0 Å². The standard InChI is InChI=1S/C66H128O17P2/c1-6-10-13-16-19-20-21-22-23-24-25-26-27-28-29-30-37-42-47-52-66(71)83-62(56-77-64(69)50-45-40-36-32-31-35-38-43-48-59(5)9-4)58-81-85(74,75)79-54-60(67)53-78-84(72,73)80-57-61(82-65(70)51-46-41-34-18-15-12-8-3)55-76-63(68)49-44-39-33-17-14-11-7-2/h59-62,67H,6-58H2,1-5H3,(H,72,73)(H,74,75)/t59?,60-,61+,62+/m0/s1. The summed E-state index contributed by atoms with van der Waals surface area (Å²) >= 11 is 0. The number of hydrogen-bond acceptors (Lipinski definition) is 15. The highest BCUT2D eigenvalue weighted by atomic mass is 31.2. The molecule has 0 aromatic carbocycles. The molecule has 0 saturated heterocycles. The molecule has 0 aliphatic heterocycles. The van der Waals surface area contributed by atoms with Crippen LogP contribution in [-0.2, 0) is 65.4 Å². The van der Waals surface area contributed by atoms with Gasteiger partial charge in [0.15, 0.2) is 12.2 Å². The van der Waals surface area contributed by atoms with Crippen molar-refractivity contribution >= 4 is 39.5 Å². The number of phosphoric acid groups is 2. The van der Waals surface area contributed by atoms with Gasteiger partial charge in [-0.25, -0.2) is 9.13 Å². The third kappa shape index (κ3) is 59.5. The number of carbonyl (C=O) groups is 4. The van der Waals surface area contributed by atoms with Gasteiger partial charge in [-0.05, 0) is 31.6 Å². The first-order valence-electron chi connectivity index (χ1n) is 34.7. The predicted octanol–water partition coefficient (Wildman–Crippen LogP) is 18.6. The van der Waals surface area contributed by atoms with Crippen molar-refractivity contribution in [3.63, 3.8) is 0 Å². The van der Waals surface area contributed by atoms with Gasteiger partial charge in [-0.3, -0.25) is 37.3 Å². The van der Waals surface area contributed by atoms with Gasteiger partial charge >= 0.3 is 39.5 Å². The summed E-state index contributed by atoms with van der Waals surface area (Å²) in [7, 11) is -9.88. The van der Waals surface area contributed by atoms with Crippen molar-refractivity contribution in [3.8, 4) is 0 Å². The van der Waals surface area contributed by atoms with Crippen molar-refractivity contribution in [2.75, 3.05) is 39.6 Å². The van der Waals surface area contributed by atoms with Crippen LogP contribution < -0.4 is 0 Å². The third-order valence-corrected chi connectivity index (χ3v) is 17.5. The summed E-state index contributed by atoms with van der Waals surface area (Å²) in [6.45, 7) is 7.13. The summed E-state index contributed by atoms with van der Waals surface area (Å²) in [5, 5.41) is 10.5. The Morgan fingerprint density at radius 2 is 0.565 bits per heavy atom. The van der Waals surface area contributed by atoms with Crippen LogP contribution in [0.4, 0.5) is 0 Å². The van der Waals surface area contributed by atoms with Crippen molar-refractivity contribution in [1.29, 1.82) is 0 Å². The number of rotatable bonds is 66. The molecule has 0 bridgehead atoms. The van der Waals surface area contributed by atoms with E-state index in [4.69, 9.17) is 37.0 Å². The maximum atomic E-state index is 13.0. The lowest BCUT2D eigenvalue weighted by Gasteiger charge is -2.21. The van der Waals surface area contributed by atoms with Crippen LogP contribution in [0.25, 0.3) is 0 Å². The van der Waals surface area contributed by atoms with Gasteiger partial charge in [-0.1, -0.05) is 285 Å². The van der Waals surface area contributed by atoms with Crippen LogP contribution in [0.2, 0.25) is 0 Å². The van der Waals surface area contributed by atoms with E-state index < -0.39 is 97.5 Å². The van der Waals surface area contributed by atoms with Gasteiger partial charge in [-0.2, -0.15) is 0 Å². The molecule has 0 fully saturated rings. The molecule has 85 heavy (non-hydrogen) atoms. The van der Waals surface area contributed by atoms with Gasteiger partial charge in [0, 0.05) is 25.7 Å². The summed E-state index contributed by atoms with van der Waals surface area (Å²) in [4.78, 5) is 72.0.